The van der Waals surface area contributed by atoms with Crippen LogP contribution in [0.1, 0.15) is 18.1 Å². The van der Waals surface area contributed by atoms with Crippen molar-refractivity contribution in [3.8, 4) is 0 Å². The fourth-order valence-electron chi connectivity index (χ4n) is 1.84. The van der Waals surface area contributed by atoms with Gasteiger partial charge < -0.3 is 15.3 Å². The number of aryl methyl sites for hydroxylation is 1. The van der Waals surface area contributed by atoms with Crippen molar-refractivity contribution in [2.45, 2.75) is 13.8 Å². The van der Waals surface area contributed by atoms with Crippen LogP contribution in [0.3, 0.4) is 0 Å². The molecule has 0 unspecified atom stereocenters. The van der Waals surface area contributed by atoms with Gasteiger partial charge in [-0.25, -0.2) is 4.79 Å². The number of carboxylic acid groups (broad SMARTS) is 1. The molecule has 0 aliphatic carbocycles. The Kier molecular flexibility index (Phi) is 5.77. The first-order valence-electron chi connectivity index (χ1n) is 6.45. The summed E-state index contributed by atoms with van der Waals surface area (Å²) >= 11 is 0. The molecule has 0 radical (unpaired) electrons. The van der Waals surface area contributed by atoms with Crippen LogP contribution >= 0.6 is 0 Å². The lowest BCUT2D eigenvalue weighted by molar-refractivity contribution is -0.131. The average Bonchev–Trinajstić information content (AvgIpc) is 2.42. The van der Waals surface area contributed by atoms with Gasteiger partial charge in [0.05, 0.1) is 6.54 Å². The topological polar surface area (TPSA) is 69.6 Å². The predicted octanol–water partition coefficient (Wildman–Crippen LogP) is 1.67. The fourth-order valence-corrected chi connectivity index (χ4v) is 1.84. The van der Waals surface area contributed by atoms with Crippen molar-refractivity contribution in [2.24, 2.45) is 0 Å². The third kappa shape index (κ3) is 4.42. The molecule has 2 N–H and O–H groups in total. The Morgan fingerprint density at radius 2 is 2.10 bits per heavy atom. The Bertz CT molecular complexity index is 524. The zero-order valence-electron chi connectivity index (χ0n) is 12.0. The molecule has 5 heteroatoms. The van der Waals surface area contributed by atoms with Crippen molar-refractivity contribution < 1.29 is 14.7 Å². The first kappa shape index (κ1) is 15.8. The third-order valence-electron chi connectivity index (χ3n) is 3.02. The average molecular weight is 276 g/mol. The largest absolute Gasteiger partial charge is 0.478 e. The smallest absolute Gasteiger partial charge is 0.328 e. The molecular weight excluding hydrogens is 256 g/mol. The number of anilines is 1. The van der Waals surface area contributed by atoms with Gasteiger partial charge in [-0.15, -0.1) is 0 Å². The Labute approximate surface area is 118 Å². The van der Waals surface area contributed by atoms with Gasteiger partial charge in [-0.3, -0.25) is 4.79 Å². The summed E-state index contributed by atoms with van der Waals surface area (Å²) in [5.74, 6) is -1.01. The predicted molar refractivity (Wildman–Crippen MR) is 79.8 cm³/mol. The van der Waals surface area contributed by atoms with Crippen LogP contribution < -0.4 is 10.2 Å². The van der Waals surface area contributed by atoms with Crippen molar-refractivity contribution in [1.29, 1.82) is 0 Å². The molecule has 0 bridgehead atoms. The number of rotatable bonds is 6. The molecule has 1 aromatic rings. The molecule has 0 fully saturated rings. The van der Waals surface area contributed by atoms with E-state index >= 15 is 0 Å². The highest BCUT2D eigenvalue weighted by Crippen LogP contribution is 2.20. The highest BCUT2D eigenvalue weighted by Gasteiger charge is 2.09. The van der Waals surface area contributed by atoms with Crippen molar-refractivity contribution >= 4 is 23.6 Å². The monoisotopic (exact) mass is 276 g/mol. The Morgan fingerprint density at radius 3 is 2.60 bits per heavy atom. The number of aliphatic carboxylic acids is 1. The Balaban J connectivity index is 2.94. The minimum absolute atomic E-state index is 0.0423. The molecule has 1 aromatic carbocycles. The van der Waals surface area contributed by atoms with Crippen LogP contribution in [-0.2, 0) is 9.59 Å². The van der Waals surface area contributed by atoms with Crippen LogP contribution in [0.4, 0.5) is 5.69 Å². The van der Waals surface area contributed by atoms with E-state index in [1.807, 2.05) is 36.9 Å². The number of likely N-dealkylation sites (N-methyl/N-ethyl adjacent to an activating group) is 2. The van der Waals surface area contributed by atoms with Crippen molar-refractivity contribution in [3.05, 3.63) is 35.4 Å². The van der Waals surface area contributed by atoms with Crippen LogP contribution in [0.25, 0.3) is 6.08 Å². The van der Waals surface area contributed by atoms with E-state index in [9.17, 15) is 9.59 Å². The SMILES string of the molecule is CCN(CC(=O)NC)c1ccc(C=CC(=O)O)c(C)c1. The number of benzene rings is 1. The van der Waals surface area contributed by atoms with Crippen molar-refractivity contribution in [2.75, 3.05) is 25.0 Å². The van der Waals surface area contributed by atoms with E-state index in [1.165, 1.54) is 0 Å². The van der Waals surface area contributed by atoms with E-state index in [2.05, 4.69) is 5.32 Å². The number of carboxylic acids is 1. The van der Waals surface area contributed by atoms with E-state index in [0.29, 0.717) is 6.54 Å². The van der Waals surface area contributed by atoms with Gasteiger partial charge in [0.15, 0.2) is 0 Å². The molecule has 1 rings (SSSR count). The Hall–Kier alpha value is -2.30. The lowest BCUT2D eigenvalue weighted by Gasteiger charge is -2.23. The van der Waals surface area contributed by atoms with Crippen LogP contribution in [-0.4, -0.2) is 37.1 Å². The second-order valence-corrected chi connectivity index (χ2v) is 4.40. The highest BCUT2D eigenvalue weighted by molar-refractivity contribution is 5.86. The number of hydrogen-bond donors (Lipinski definition) is 2. The highest BCUT2D eigenvalue weighted by atomic mass is 16.4. The molecule has 1 amide bonds. The minimum Gasteiger partial charge on any atom is -0.478 e. The molecule has 0 aliphatic heterocycles. The molecule has 0 heterocycles. The standard InChI is InChI=1S/C15H20N2O3/c1-4-17(10-14(18)16-3)13-7-5-12(11(2)9-13)6-8-15(19)20/h5-9H,4,10H2,1-3H3,(H,16,18)(H,19,20). The van der Waals surface area contributed by atoms with Crippen LogP contribution in [0, 0.1) is 6.92 Å². The number of nitrogens with one attached hydrogen (secondary N) is 1. The molecule has 5 nitrogen and oxygen atoms in total. The van der Waals surface area contributed by atoms with E-state index < -0.39 is 5.97 Å². The molecule has 0 aromatic heterocycles. The molecule has 0 aliphatic rings. The summed E-state index contributed by atoms with van der Waals surface area (Å²) in [7, 11) is 1.61. The van der Waals surface area contributed by atoms with Crippen molar-refractivity contribution in [3.63, 3.8) is 0 Å². The number of amides is 1. The molecular formula is C15H20N2O3. The molecule has 0 spiro atoms. The van der Waals surface area contributed by atoms with Gasteiger partial charge in [0.2, 0.25) is 5.91 Å². The normalized spacial score (nSPS) is 10.6. The summed E-state index contributed by atoms with van der Waals surface area (Å²) in [6, 6.07) is 5.70. The van der Waals surface area contributed by atoms with E-state index in [-0.39, 0.29) is 5.91 Å². The van der Waals surface area contributed by atoms with E-state index in [4.69, 9.17) is 5.11 Å². The molecule has 0 saturated carbocycles. The lowest BCUT2D eigenvalue weighted by Crippen LogP contribution is -2.35. The quantitative estimate of drug-likeness (QED) is 0.775. The first-order valence-corrected chi connectivity index (χ1v) is 6.45. The third-order valence-corrected chi connectivity index (χ3v) is 3.02. The number of carbonyl (C=O) groups is 2. The van der Waals surface area contributed by atoms with Gasteiger partial charge in [0.25, 0.3) is 0 Å². The maximum atomic E-state index is 11.5. The van der Waals surface area contributed by atoms with Crippen LogP contribution in [0.2, 0.25) is 0 Å². The summed E-state index contributed by atoms with van der Waals surface area (Å²) in [6.07, 6.45) is 2.68. The fraction of sp³-hybridized carbons (Fsp3) is 0.333. The summed E-state index contributed by atoms with van der Waals surface area (Å²) in [5, 5.41) is 11.2. The van der Waals surface area contributed by atoms with Gasteiger partial charge in [-0.2, -0.15) is 0 Å². The van der Waals surface area contributed by atoms with Crippen LogP contribution in [0.15, 0.2) is 24.3 Å². The minimum atomic E-state index is -0.969. The second kappa shape index (κ2) is 7.33. The van der Waals surface area contributed by atoms with Crippen molar-refractivity contribution in [1.82, 2.24) is 5.32 Å². The zero-order valence-corrected chi connectivity index (χ0v) is 12.0. The van der Waals surface area contributed by atoms with Gasteiger partial charge in [-0.05, 0) is 43.2 Å². The van der Waals surface area contributed by atoms with Gasteiger partial charge in [0.1, 0.15) is 0 Å². The summed E-state index contributed by atoms with van der Waals surface area (Å²) in [5.41, 5.74) is 2.77. The lowest BCUT2D eigenvalue weighted by atomic mass is 10.1. The van der Waals surface area contributed by atoms with Gasteiger partial charge in [-0.1, -0.05) is 6.07 Å². The van der Waals surface area contributed by atoms with Crippen LogP contribution in [0.5, 0.6) is 0 Å². The maximum Gasteiger partial charge on any atom is 0.328 e. The van der Waals surface area contributed by atoms with Gasteiger partial charge >= 0.3 is 5.97 Å². The summed E-state index contributed by atoms with van der Waals surface area (Å²) in [6.45, 7) is 4.92. The second-order valence-electron chi connectivity index (χ2n) is 4.40. The maximum absolute atomic E-state index is 11.5. The molecule has 20 heavy (non-hydrogen) atoms. The molecule has 0 atom stereocenters. The zero-order chi connectivity index (χ0) is 15.1. The number of carbonyl (C=O) groups excluding carboxylic acids is 1. The number of nitrogens with zero attached hydrogens (tertiary/aromatic N) is 1. The van der Waals surface area contributed by atoms with E-state index in [1.54, 1.807) is 13.1 Å². The van der Waals surface area contributed by atoms with Gasteiger partial charge in [0, 0.05) is 25.4 Å². The number of hydrogen-bond acceptors (Lipinski definition) is 3. The Morgan fingerprint density at radius 1 is 1.40 bits per heavy atom. The van der Waals surface area contributed by atoms with E-state index in [0.717, 1.165) is 29.4 Å². The summed E-state index contributed by atoms with van der Waals surface area (Å²) < 4.78 is 0. The first-order chi connectivity index (χ1) is 9.47. The molecule has 108 valence electrons. The molecule has 0 saturated heterocycles. The summed E-state index contributed by atoms with van der Waals surface area (Å²) in [4.78, 5) is 23.9.